The Morgan fingerprint density at radius 2 is 1.54 bits per heavy atom. The third-order valence-corrected chi connectivity index (χ3v) is 4.15. The van der Waals surface area contributed by atoms with E-state index < -0.39 is 0 Å². The van der Waals surface area contributed by atoms with Gasteiger partial charge in [-0.05, 0) is 29.7 Å². The van der Waals surface area contributed by atoms with Gasteiger partial charge in [0.15, 0.2) is 11.5 Å². The van der Waals surface area contributed by atoms with Crippen LogP contribution in [0.5, 0.6) is 17.2 Å². The van der Waals surface area contributed by atoms with Crippen LogP contribution in [0, 0.1) is 5.92 Å². The fourth-order valence-electron chi connectivity index (χ4n) is 2.75. The maximum Gasteiger partial charge on any atom is 0.308 e. The van der Waals surface area contributed by atoms with Crippen molar-refractivity contribution in [3.63, 3.8) is 0 Å². The van der Waals surface area contributed by atoms with Gasteiger partial charge < -0.3 is 18.9 Å². The zero-order valence-electron chi connectivity index (χ0n) is 15.8. The highest BCUT2D eigenvalue weighted by Crippen LogP contribution is 2.38. The Morgan fingerprint density at radius 3 is 2.08 bits per heavy atom. The zero-order chi connectivity index (χ0) is 18.9. The Balaban J connectivity index is 1.95. The molecule has 0 N–H and O–H groups in total. The van der Waals surface area contributed by atoms with Crippen LogP contribution >= 0.6 is 0 Å². The van der Waals surface area contributed by atoms with Crippen molar-refractivity contribution in [3.05, 3.63) is 53.6 Å². The second kappa shape index (κ2) is 9.70. The molecule has 0 saturated carbocycles. The quantitative estimate of drug-likeness (QED) is 0.640. The van der Waals surface area contributed by atoms with E-state index in [-0.39, 0.29) is 11.9 Å². The van der Waals surface area contributed by atoms with E-state index in [0.29, 0.717) is 36.7 Å². The van der Waals surface area contributed by atoms with E-state index in [1.165, 1.54) is 0 Å². The molecule has 0 aliphatic carbocycles. The van der Waals surface area contributed by atoms with Crippen molar-refractivity contribution in [2.75, 3.05) is 27.9 Å². The number of rotatable bonds is 9. The molecule has 2 aromatic carbocycles. The second-order valence-corrected chi connectivity index (χ2v) is 6.04. The van der Waals surface area contributed by atoms with Crippen molar-refractivity contribution in [3.8, 4) is 17.2 Å². The highest BCUT2D eigenvalue weighted by atomic mass is 16.5. The van der Waals surface area contributed by atoms with Crippen molar-refractivity contribution >= 4 is 5.97 Å². The summed E-state index contributed by atoms with van der Waals surface area (Å²) in [6, 6.07) is 13.7. The largest absolute Gasteiger partial charge is 0.493 e. The lowest BCUT2D eigenvalue weighted by molar-refractivity contribution is -0.147. The molecule has 0 amide bonds. The van der Waals surface area contributed by atoms with E-state index in [9.17, 15) is 4.79 Å². The summed E-state index contributed by atoms with van der Waals surface area (Å²) >= 11 is 0. The molecule has 2 aromatic rings. The van der Waals surface area contributed by atoms with E-state index >= 15 is 0 Å². The summed E-state index contributed by atoms with van der Waals surface area (Å²) in [5.41, 5.74) is 2.07. The van der Waals surface area contributed by atoms with Gasteiger partial charge in [0.05, 0.1) is 33.9 Å². The summed E-state index contributed by atoms with van der Waals surface area (Å²) in [6.07, 6.45) is 1.24. The van der Waals surface area contributed by atoms with E-state index in [1.807, 2.05) is 49.4 Å². The number of hydrogen-bond donors (Lipinski definition) is 0. The number of carbonyl (C=O) groups excluding carboxylic acids is 1. The summed E-state index contributed by atoms with van der Waals surface area (Å²) < 4.78 is 21.4. The van der Waals surface area contributed by atoms with Crippen LogP contribution in [0.25, 0.3) is 0 Å². The van der Waals surface area contributed by atoms with Gasteiger partial charge in [-0.1, -0.05) is 37.3 Å². The number of benzene rings is 2. The number of esters is 1. The summed E-state index contributed by atoms with van der Waals surface area (Å²) in [6.45, 7) is 2.23. The lowest BCUT2D eigenvalue weighted by atomic mass is 10.0. The predicted molar refractivity (Wildman–Crippen MR) is 100 cm³/mol. The number of carbonyl (C=O) groups is 1. The minimum absolute atomic E-state index is 0.213. The Hall–Kier alpha value is -2.69. The number of hydrogen-bond acceptors (Lipinski definition) is 5. The molecule has 0 radical (unpaired) electrons. The van der Waals surface area contributed by atoms with Gasteiger partial charge in [-0.3, -0.25) is 4.79 Å². The first-order valence-electron chi connectivity index (χ1n) is 8.58. The lowest BCUT2D eigenvalue weighted by Gasteiger charge is -2.16. The predicted octanol–water partition coefficient (Wildman–Crippen LogP) is 3.68. The number of methoxy groups -OCH3 is 3. The monoisotopic (exact) mass is 358 g/mol. The standard InChI is InChI=1S/C21H26O5/c1-15(21(22)26-11-10-16-8-6-5-7-9-16)12-17-13-18(23-2)20(25-4)19(14-17)24-3/h5-9,13-15H,10-12H2,1-4H3. The molecule has 5 nitrogen and oxygen atoms in total. The molecule has 0 aliphatic rings. The Kier molecular flexibility index (Phi) is 7.33. The van der Waals surface area contributed by atoms with Crippen molar-refractivity contribution in [2.45, 2.75) is 19.8 Å². The maximum atomic E-state index is 12.3. The molecule has 0 bridgehead atoms. The van der Waals surface area contributed by atoms with E-state index in [1.54, 1.807) is 21.3 Å². The van der Waals surface area contributed by atoms with Crippen LogP contribution in [0.15, 0.2) is 42.5 Å². The zero-order valence-corrected chi connectivity index (χ0v) is 15.8. The average Bonchev–Trinajstić information content (AvgIpc) is 2.67. The van der Waals surface area contributed by atoms with Gasteiger partial charge in [0.2, 0.25) is 5.75 Å². The van der Waals surface area contributed by atoms with Crippen molar-refractivity contribution in [2.24, 2.45) is 5.92 Å². The first-order valence-corrected chi connectivity index (χ1v) is 8.58. The van der Waals surface area contributed by atoms with Gasteiger partial charge in [-0.25, -0.2) is 0 Å². The minimum Gasteiger partial charge on any atom is -0.493 e. The molecule has 0 heterocycles. The van der Waals surface area contributed by atoms with Crippen LogP contribution < -0.4 is 14.2 Å². The van der Waals surface area contributed by atoms with Crippen LogP contribution in [0.2, 0.25) is 0 Å². The molecule has 5 heteroatoms. The molecule has 0 aliphatic heterocycles. The topological polar surface area (TPSA) is 54.0 Å². The average molecular weight is 358 g/mol. The molecule has 140 valence electrons. The highest BCUT2D eigenvalue weighted by molar-refractivity contribution is 5.72. The van der Waals surface area contributed by atoms with Gasteiger partial charge in [-0.2, -0.15) is 0 Å². The molecule has 0 aromatic heterocycles. The Labute approximate surface area is 154 Å². The van der Waals surface area contributed by atoms with Crippen LogP contribution in [0.1, 0.15) is 18.1 Å². The minimum atomic E-state index is -0.270. The molecular weight excluding hydrogens is 332 g/mol. The van der Waals surface area contributed by atoms with Gasteiger partial charge in [0.1, 0.15) is 0 Å². The van der Waals surface area contributed by atoms with Crippen LogP contribution in [-0.2, 0) is 22.4 Å². The number of ether oxygens (including phenoxy) is 4. The normalized spacial score (nSPS) is 11.5. The van der Waals surface area contributed by atoms with Crippen LogP contribution in [0.4, 0.5) is 0 Å². The van der Waals surface area contributed by atoms with Crippen LogP contribution in [0.3, 0.4) is 0 Å². The fourth-order valence-corrected chi connectivity index (χ4v) is 2.75. The van der Waals surface area contributed by atoms with E-state index in [4.69, 9.17) is 18.9 Å². The van der Waals surface area contributed by atoms with E-state index in [0.717, 1.165) is 11.1 Å². The summed E-state index contributed by atoms with van der Waals surface area (Å²) in [7, 11) is 4.71. The second-order valence-electron chi connectivity index (χ2n) is 6.04. The Bertz CT molecular complexity index is 687. The molecule has 0 spiro atoms. The molecular formula is C21H26O5. The smallest absolute Gasteiger partial charge is 0.308 e. The molecule has 1 unspecified atom stereocenters. The fraction of sp³-hybridized carbons (Fsp3) is 0.381. The maximum absolute atomic E-state index is 12.3. The Morgan fingerprint density at radius 1 is 0.923 bits per heavy atom. The van der Waals surface area contributed by atoms with Gasteiger partial charge >= 0.3 is 5.97 Å². The first-order chi connectivity index (χ1) is 12.6. The van der Waals surface area contributed by atoms with Crippen LogP contribution in [-0.4, -0.2) is 33.9 Å². The third-order valence-electron chi connectivity index (χ3n) is 4.15. The SMILES string of the molecule is COc1cc(CC(C)C(=O)OCCc2ccccc2)cc(OC)c1OC. The van der Waals surface area contributed by atoms with Gasteiger partial charge in [-0.15, -0.1) is 0 Å². The molecule has 26 heavy (non-hydrogen) atoms. The van der Waals surface area contributed by atoms with Crippen molar-refractivity contribution in [1.29, 1.82) is 0 Å². The van der Waals surface area contributed by atoms with E-state index in [2.05, 4.69) is 0 Å². The first kappa shape index (κ1) is 19.6. The van der Waals surface area contributed by atoms with Gasteiger partial charge in [0.25, 0.3) is 0 Å². The third kappa shape index (κ3) is 5.15. The molecule has 2 rings (SSSR count). The molecule has 0 saturated heterocycles. The summed E-state index contributed by atoms with van der Waals surface area (Å²) in [4.78, 5) is 12.3. The summed E-state index contributed by atoms with van der Waals surface area (Å²) in [5, 5.41) is 0. The molecule has 0 fully saturated rings. The van der Waals surface area contributed by atoms with Gasteiger partial charge in [0, 0.05) is 6.42 Å². The van der Waals surface area contributed by atoms with Crippen molar-refractivity contribution < 1.29 is 23.7 Å². The highest BCUT2D eigenvalue weighted by Gasteiger charge is 2.19. The lowest BCUT2D eigenvalue weighted by Crippen LogP contribution is -2.18. The molecule has 1 atom stereocenters. The summed E-state index contributed by atoms with van der Waals surface area (Å²) in [5.74, 6) is 1.21. The van der Waals surface area contributed by atoms with Crippen molar-refractivity contribution in [1.82, 2.24) is 0 Å².